The molecule has 13 nitrogen and oxygen atoms in total. The molecule has 8 bridgehead atoms. The summed E-state index contributed by atoms with van der Waals surface area (Å²) in [6.45, 7) is 17.5. The average molecular weight is 1210 g/mol. The lowest BCUT2D eigenvalue weighted by Gasteiger charge is -2.17. The number of carbonyl (C=O) groups excluding carboxylic acids is 2. The van der Waals surface area contributed by atoms with Crippen molar-refractivity contribution >= 4 is 69.6 Å². The van der Waals surface area contributed by atoms with Gasteiger partial charge < -0.3 is 25.2 Å². The van der Waals surface area contributed by atoms with Crippen LogP contribution in [0, 0.1) is 55.4 Å². The van der Waals surface area contributed by atoms with Crippen LogP contribution in [0.15, 0.2) is 195 Å². The number of nitrogens with zero attached hydrogens (tertiary/aromatic N) is 7. The number of imidazole rings is 1. The predicted octanol–water partition coefficient (Wildman–Crippen LogP) is 17.9. The highest BCUT2D eigenvalue weighted by Crippen LogP contribution is 2.44. The number of hydrogen-bond acceptors (Lipinski definition) is 8. The van der Waals surface area contributed by atoms with Gasteiger partial charge in [-0.15, -0.1) is 0 Å². The van der Waals surface area contributed by atoms with Crippen LogP contribution in [0.1, 0.15) is 117 Å². The van der Waals surface area contributed by atoms with Crippen LogP contribution < -0.4 is 10.6 Å². The number of rotatable bonds is 13. The Morgan fingerprint density at radius 1 is 0.430 bits per heavy atom. The SMILES string of the molecule is Cc1ccc(C(c2ccc(C)cn2)c2ccc(C(=O)Nc3ccccc3-c3c4nc(c(-c5c(C)cc(C)cc5C)c5ccc([nH]5)c(-c5ccccc5NC(=O)c5cccc(Cn6ccnc6)c5)c5nc(c(-c6c(C)cc(C)cc6C)c6ccc3[nH]6)C=C5)C=C4)cn2)nc1. The molecule has 2 aliphatic rings. The van der Waals surface area contributed by atoms with E-state index in [0.29, 0.717) is 40.4 Å². The zero-order valence-corrected chi connectivity index (χ0v) is 53.0. The van der Waals surface area contributed by atoms with Crippen LogP contribution in [0.5, 0.6) is 0 Å². The first-order valence-electron chi connectivity index (χ1n) is 31.2. The Bertz CT molecular complexity index is 5040. The fraction of sp³-hybridized carbons (Fsp3) is 0.125. The summed E-state index contributed by atoms with van der Waals surface area (Å²) in [6.07, 6.45) is 19.1. The maximum Gasteiger partial charge on any atom is 0.257 e. The van der Waals surface area contributed by atoms with Crippen molar-refractivity contribution in [3.8, 4) is 44.5 Å². The van der Waals surface area contributed by atoms with Crippen LogP contribution in [0.2, 0.25) is 0 Å². The van der Waals surface area contributed by atoms with Crippen molar-refractivity contribution in [2.75, 3.05) is 10.6 Å². The standard InChI is InChI=1S/C80H67N11O2/c1-46-20-23-61(82-41-46)76(62-24-21-47(2)42-83-62)63-25-22-56(43-84-63)80(93)90-60-19-12-10-17-58(60)75-66-28-32-70(87-66)77(72-50(5)36-48(3)37-51(72)6)68-30-26-64(85-68)74(57-16-9-11-18-59(57)89-79(92)55-15-13-14-54(40-55)44-91-35-34-81-45-91)65-27-31-69(86-65)78(71-33-29-67(75)88-71)73-52(7)38-49(4)39-53(73)8/h9-43,45,76,85,88H,44H2,1-8H3,(H,89,92)(H,90,93). The molecule has 0 atom stereocenters. The maximum absolute atomic E-state index is 14.8. The van der Waals surface area contributed by atoms with Crippen molar-refractivity contribution in [3.63, 3.8) is 0 Å². The number of anilines is 2. The second-order valence-corrected chi connectivity index (χ2v) is 24.4. The summed E-state index contributed by atoms with van der Waals surface area (Å²) in [7, 11) is 0. The Kier molecular flexibility index (Phi) is 15.6. The van der Waals surface area contributed by atoms with Crippen LogP contribution in [0.25, 0.3) is 90.9 Å². The largest absolute Gasteiger partial charge is 0.354 e. The number of hydrogen-bond donors (Lipinski definition) is 4. The zero-order valence-electron chi connectivity index (χ0n) is 53.0. The second kappa shape index (κ2) is 24.6. The molecule has 2 aliphatic heterocycles. The fourth-order valence-corrected chi connectivity index (χ4v) is 13.3. The number of aromatic nitrogens is 9. The minimum absolute atomic E-state index is 0.240. The van der Waals surface area contributed by atoms with E-state index in [-0.39, 0.29) is 17.7 Å². The summed E-state index contributed by atoms with van der Waals surface area (Å²) in [4.78, 5) is 67.3. The Morgan fingerprint density at radius 2 is 0.871 bits per heavy atom. The van der Waals surface area contributed by atoms with E-state index in [0.717, 1.165) is 145 Å². The van der Waals surface area contributed by atoms with Gasteiger partial charge in [0.15, 0.2) is 0 Å². The molecule has 93 heavy (non-hydrogen) atoms. The van der Waals surface area contributed by atoms with Gasteiger partial charge in [-0.1, -0.05) is 96.1 Å². The zero-order chi connectivity index (χ0) is 64.0. The van der Waals surface area contributed by atoms with Crippen molar-refractivity contribution in [2.24, 2.45) is 0 Å². The van der Waals surface area contributed by atoms with Crippen LogP contribution >= 0.6 is 0 Å². The monoisotopic (exact) mass is 1210 g/mol. The minimum atomic E-state index is -0.352. The molecule has 454 valence electrons. The fourth-order valence-electron chi connectivity index (χ4n) is 13.3. The first kappa shape index (κ1) is 59.0. The highest BCUT2D eigenvalue weighted by molar-refractivity contribution is 6.10. The number of aryl methyl sites for hydroxylation is 8. The van der Waals surface area contributed by atoms with E-state index < -0.39 is 0 Å². The third-order valence-corrected chi connectivity index (χ3v) is 17.4. The van der Waals surface area contributed by atoms with Gasteiger partial charge in [0.2, 0.25) is 0 Å². The Labute approximate surface area is 539 Å². The molecule has 7 aromatic heterocycles. The van der Waals surface area contributed by atoms with E-state index in [4.69, 9.17) is 24.9 Å². The van der Waals surface area contributed by atoms with Gasteiger partial charge in [0.1, 0.15) is 0 Å². The quantitative estimate of drug-likeness (QED) is 0.0883. The highest BCUT2D eigenvalue weighted by Gasteiger charge is 2.26. The summed E-state index contributed by atoms with van der Waals surface area (Å²) in [5, 5.41) is 6.63. The van der Waals surface area contributed by atoms with Crippen molar-refractivity contribution < 1.29 is 9.59 Å². The smallest absolute Gasteiger partial charge is 0.257 e. The summed E-state index contributed by atoms with van der Waals surface area (Å²) in [5.74, 6) is -0.918. The number of H-pyrrole nitrogens is 2. The number of pyridine rings is 3. The van der Waals surface area contributed by atoms with Gasteiger partial charge >= 0.3 is 0 Å². The summed E-state index contributed by atoms with van der Waals surface area (Å²) in [6, 6.07) is 52.6. The number of fused-ring (bicyclic) bond motifs is 8. The molecule has 4 N–H and O–H groups in total. The third-order valence-electron chi connectivity index (χ3n) is 17.4. The summed E-state index contributed by atoms with van der Waals surface area (Å²) < 4.78 is 1.98. The molecule has 0 saturated carbocycles. The van der Waals surface area contributed by atoms with Crippen LogP contribution in [0.4, 0.5) is 11.4 Å². The molecular weight excluding hydrogens is 1150 g/mol. The molecule has 9 heterocycles. The number of carbonyl (C=O) groups is 2. The molecule has 0 saturated heterocycles. The molecule has 0 spiro atoms. The number of nitrogens with one attached hydrogen (secondary N) is 4. The van der Waals surface area contributed by atoms with E-state index in [1.165, 1.54) is 0 Å². The van der Waals surface area contributed by atoms with Gasteiger partial charge in [-0.05, 0) is 203 Å². The summed E-state index contributed by atoms with van der Waals surface area (Å²) >= 11 is 0. The van der Waals surface area contributed by atoms with Crippen LogP contribution in [0.3, 0.4) is 0 Å². The number of aromatic amines is 2. The Morgan fingerprint density at radius 3 is 1.31 bits per heavy atom. The number of benzene rings is 5. The number of amides is 2. The van der Waals surface area contributed by atoms with Crippen molar-refractivity contribution in [3.05, 3.63) is 296 Å². The first-order chi connectivity index (χ1) is 45.2. The Hall–Kier alpha value is -11.7. The third kappa shape index (κ3) is 11.7. The van der Waals surface area contributed by atoms with E-state index in [1.807, 2.05) is 146 Å². The van der Waals surface area contributed by atoms with Gasteiger partial charge in [-0.25, -0.2) is 15.0 Å². The maximum atomic E-state index is 14.8. The second-order valence-electron chi connectivity index (χ2n) is 24.4. The molecule has 0 fully saturated rings. The lowest BCUT2D eigenvalue weighted by Crippen LogP contribution is -2.14. The van der Waals surface area contributed by atoms with Crippen molar-refractivity contribution in [1.29, 1.82) is 0 Å². The molecule has 12 aromatic rings. The summed E-state index contributed by atoms with van der Waals surface area (Å²) in [5.41, 5.74) is 27.4. The van der Waals surface area contributed by atoms with Crippen LogP contribution in [-0.4, -0.2) is 56.3 Å². The molecule has 2 amide bonds. The van der Waals surface area contributed by atoms with Crippen molar-refractivity contribution in [2.45, 2.75) is 67.9 Å². The van der Waals surface area contributed by atoms with Gasteiger partial charge in [0, 0.05) is 110 Å². The van der Waals surface area contributed by atoms with E-state index in [2.05, 4.69) is 140 Å². The van der Waals surface area contributed by atoms with Gasteiger partial charge in [-0.3, -0.25) is 24.5 Å². The normalized spacial score (nSPS) is 11.8. The van der Waals surface area contributed by atoms with E-state index >= 15 is 0 Å². The molecule has 0 aliphatic carbocycles. The molecule has 5 aromatic carbocycles. The van der Waals surface area contributed by atoms with Crippen LogP contribution in [-0.2, 0) is 6.54 Å². The lowest BCUT2D eigenvalue weighted by molar-refractivity contribution is 0.101. The minimum Gasteiger partial charge on any atom is -0.354 e. The van der Waals surface area contributed by atoms with E-state index in [1.54, 1.807) is 18.7 Å². The average Bonchev–Trinajstić information content (AvgIpc) is 1.71. The predicted molar refractivity (Wildman–Crippen MR) is 376 cm³/mol. The van der Waals surface area contributed by atoms with Gasteiger partial charge in [0.05, 0.1) is 57.7 Å². The lowest BCUT2D eigenvalue weighted by atomic mass is 9.92. The topological polar surface area (TPSA) is 172 Å². The van der Waals surface area contributed by atoms with Gasteiger partial charge in [0.25, 0.3) is 11.8 Å². The molecule has 0 radical (unpaired) electrons. The number of para-hydroxylation sites is 2. The molecule has 0 unspecified atom stereocenters. The Balaban J connectivity index is 0.964. The molecular formula is C80H67N11O2. The van der Waals surface area contributed by atoms with Crippen molar-refractivity contribution in [1.82, 2.24) is 44.4 Å². The molecule has 13 heteroatoms. The highest BCUT2D eigenvalue weighted by atomic mass is 16.2. The molecule has 14 rings (SSSR count). The van der Waals surface area contributed by atoms with E-state index in [9.17, 15) is 9.59 Å². The first-order valence-corrected chi connectivity index (χ1v) is 31.2. The van der Waals surface area contributed by atoms with Gasteiger partial charge in [-0.2, -0.15) is 0 Å².